The molecule has 1 aliphatic heterocycles. The summed E-state index contributed by atoms with van der Waals surface area (Å²) >= 11 is 1.35. The number of carboxylic acid groups (broad SMARTS) is 1. The molecule has 0 amide bonds. The van der Waals surface area contributed by atoms with Crippen LogP contribution < -0.4 is 0 Å². The third-order valence-corrected chi connectivity index (χ3v) is 5.41. The molecule has 1 aliphatic rings. The molecular weight excluding hydrogens is 324 g/mol. The lowest BCUT2D eigenvalue weighted by molar-refractivity contribution is 0.0691. The third kappa shape index (κ3) is 4.01. The number of hydrogen-bond donors (Lipinski definition) is 2. The smallest absolute Gasteiger partial charge is 0.355 e. The van der Waals surface area contributed by atoms with Gasteiger partial charge in [-0.05, 0) is 31.4 Å². The Bertz CT molecular complexity index is 682. The first kappa shape index (κ1) is 17.1. The first-order chi connectivity index (χ1) is 11.7. The number of hydrogen-bond acceptors (Lipinski definition) is 5. The topological polar surface area (TPSA) is 73.7 Å². The van der Waals surface area contributed by atoms with Crippen LogP contribution >= 0.6 is 11.3 Å². The van der Waals surface area contributed by atoms with Gasteiger partial charge in [-0.1, -0.05) is 30.7 Å². The van der Waals surface area contributed by atoms with Crippen molar-refractivity contribution >= 4 is 17.3 Å². The fourth-order valence-electron chi connectivity index (χ4n) is 3.24. The number of benzene rings is 1. The molecule has 1 saturated heterocycles. The Kier molecular flexibility index (Phi) is 5.60. The van der Waals surface area contributed by atoms with Crippen molar-refractivity contribution in [1.29, 1.82) is 0 Å². The minimum Gasteiger partial charge on any atom is -0.476 e. The van der Waals surface area contributed by atoms with E-state index < -0.39 is 5.97 Å². The second-order valence-corrected chi connectivity index (χ2v) is 7.03. The van der Waals surface area contributed by atoms with Gasteiger partial charge in [0.2, 0.25) is 0 Å². The molecule has 1 unspecified atom stereocenters. The molecule has 2 N–H and O–H groups in total. The highest BCUT2D eigenvalue weighted by Gasteiger charge is 2.21. The molecule has 6 heteroatoms. The van der Waals surface area contributed by atoms with E-state index in [0.29, 0.717) is 6.04 Å². The van der Waals surface area contributed by atoms with Crippen LogP contribution in [0.25, 0.3) is 10.6 Å². The van der Waals surface area contributed by atoms with Gasteiger partial charge >= 0.3 is 5.97 Å². The summed E-state index contributed by atoms with van der Waals surface area (Å²) in [5, 5.41) is 20.5. The summed E-state index contributed by atoms with van der Waals surface area (Å²) < 4.78 is 0. The molecule has 5 nitrogen and oxygen atoms in total. The SMILES string of the molecule is O=C(O)c1csc(-c2ccc(CN3CCCCC3CCO)cc2)n1. The Morgan fingerprint density at radius 3 is 2.75 bits per heavy atom. The van der Waals surface area contributed by atoms with Crippen LogP contribution in [0, 0.1) is 0 Å². The van der Waals surface area contributed by atoms with Gasteiger partial charge in [0, 0.05) is 30.1 Å². The molecule has 24 heavy (non-hydrogen) atoms. The average Bonchev–Trinajstić information content (AvgIpc) is 3.08. The second-order valence-electron chi connectivity index (χ2n) is 6.17. The molecule has 0 saturated carbocycles. The molecule has 0 aliphatic carbocycles. The molecule has 1 aromatic heterocycles. The molecule has 1 aromatic carbocycles. The third-order valence-electron chi connectivity index (χ3n) is 4.52. The Morgan fingerprint density at radius 2 is 2.08 bits per heavy atom. The zero-order valence-electron chi connectivity index (χ0n) is 13.5. The van der Waals surface area contributed by atoms with Gasteiger partial charge in [0.05, 0.1) is 0 Å². The van der Waals surface area contributed by atoms with E-state index in [1.165, 1.54) is 29.7 Å². The number of aliphatic hydroxyl groups is 1. The summed E-state index contributed by atoms with van der Waals surface area (Å²) in [5.74, 6) is -0.992. The predicted molar refractivity (Wildman–Crippen MR) is 94.3 cm³/mol. The zero-order valence-corrected chi connectivity index (χ0v) is 14.3. The molecule has 3 rings (SSSR count). The number of carbonyl (C=O) groups is 1. The summed E-state index contributed by atoms with van der Waals surface area (Å²) in [5.41, 5.74) is 2.28. The van der Waals surface area contributed by atoms with Crippen LogP contribution in [0.3, 0.4) is 0 Å². The Balaban J connectivity index is 1.68. The number of piperidine rings is 1. The van der Waals surface area contributed by atoms with E-state index in [9.17, 15) is 9.90 Å². The molecule has 0 radical (unpaired) electrons. The summed E-state index contributed by atoms with van der Waals surface area (Å²) in [6.07, 6.45) is 4.47. The molecule has 1 atom stereocenters. The number of aromatic carboxylic acids is 1. The Hall–Kier alpha value is -1.76. The fraction of sp³-hybridized carbons (Fsp3) is 0.444. The first-order valence-corrected chi connectivity index (χ1v) is 9.18. The summed E-state index contributed by atoms with van der Waals surface area (Å²) in [6.45, 7) is 2.22. The normalized spacial score (nSPS) is 18.6. The van der Waals surface area contributed by atoms with Crippen molar-refractivity contribution < 1.29 is 15.0 Å². The number of carboxylic acids is 1. The number of likely N-dealkylation sites (tertiary alicyclic amines) is 1. The Labute approximate surface area is 145 Å². The van der Waals surface area contributed by atoms with Crippen LogP contribution in [-0.2, 0) is 6.54 Å². The summed E-state index contributed by atoms with van der Waals surface area (Å²) in [6, 6.07) is 8.65. The fourth-order valence-corrected chi connectivity index (χ4v) is 4.04. The van der Waals surface area contributed by atoms with Gasteiger partial charge in [-0.2, -0.15) is 0 Å². The van der Waals surface area contributed by atoms with Crippen molar-refractivity contribution in [2.24, 2.45) is 0 Å². The van der Waals surface area contributed by atoms with Gasteiger partial charge in [0.1, 0.15) is 5.01 Å². The van der Waals surface area contributed by atoms with Gasteiger partial charge in [-0.15, -0.1) is 11.3 Å². The minimum atomic E-state index is -0.992. The number of nitrogens with zero attached hydrogens (tertiary/aromatic N) is 2. The molecular formula is C18H22N2O3S. The Morgan fingerprint density at radius 1 is 1.29 bits per heavy atom. The van der Waals surface area contributed by atoms with Gasteiger partial charge in [0.15, 0.2) is 5.69 Å². The van der Waals surface area contributed by atoms with Crippen LogP contribution in [0.1, 0.15) is 41.7 Å². The summed E-state index contributed by atoms with van der Waals surface area (Å²) in [4.78, 5) is 17.5. The number of rotatable bonds is 6. The lowest BCUT2D eigenvalue weighted by Crippen LogP contribution is -2.39. The molecule has 2 aromatic rings. The zero-order chi connectivity index (χ0) is 16.9. The van der Waals surface area contributed by atoms with Crippen LogP contribution in [-0.4, -0.2) is 45.3 Å². The monoisotopic (exact) mass is 346 g/mol. The van der Waals surface area contributed by atoms with Crippen molar-refractivity contribution in [2.75, 3.05) is 13.2 Å². The molecule has 0 spiro atoms. The second kappa shape index (κ2) is 7.88. The molecule has 2 heterocycles. The van der Waals surface area contributed by atoms with E-state index in [-0.39, 0.29) is 12.3 Å². The molecule has 128 valence electrons. The maximum absolute atomic E-state index is 10.9. The van der Waals surface area contributed by atoms with Crippen molar-refractivity contribution in [3.8, 4) is 10.6 Å². The molecule has 1 fully saturated rings. The van der Waals surface area contributed by atoms with E-state index in [1.807, 2.05) is 12.1 Å². The van der Waals surface area contributed by atoms with Crippen LogP contribution in [0.2, 0.25) is 0 Å². The van der Waals surface area contributed by atoms with Gasteiger partial charge in [-0.25, -0.2) is 9.78 Å². The lowest BCUT2D eigenvalue weighted by Gasteiger charge is -2.35. The average molecular weight is 346 g/mol. The van der Waals surface area contributed by atoms with E-state index in [2.05, 4.69) is 22.0 Å². The van der Waals surface area contributed by atoms with Crippen molar-refractivity contribution in [1.82, 2.24) is 9.88 Å². The van der Waals surface area contributed by atoms with Gasteiger partial charge in [0.25, 0.3) is 0 Å². The van der Waals surface area contributed by atoms with E-state index in [4.69, 9.17) is 5.11 Å². The quantitative estimate of drug-likeness (QED) is 0.840. The van der Waals surface area contributed by atoms with E-state index in [1.54, 1.807) is 5.38 Å². The predicted octanol–water partition coefficient (Wildman–Crippen LogP) is 3.25. The first-order valence-electron chi connectivity index (χ1n) is 8.30. The number of aliphatic hydroxyl groups excluding tert-OH is 1. The van der Waals surface area contributed by atoms with E-state index >= 15 is 0 Å². The maximum Gasteiger partial charge on any atom is 0.355 e. The van der Waals surface area contributed by atoms with Crippen molar-refractivity contribution in [3.05, 3.63) is 40.9 Å². The van der Waals surface area contributed by atoms with Gasteiger partial charge in [-0.3, -0.25) is 4.90 Å². The minimum absolute atomic E-state index is 0.0965. The highest BCUT2D eigenvalue weighted by Crippen LogP contribution is 2.26. The molecule has 0 bridgehead atoms. The standard InChI is InChI=1S/C18H22N2O3S/c21-10-8-15-3-1-2-9-20(15)11-13-4-6-14(7-5-13)17-19-16(12-24-17)18(22)23/h4-7,12,15,21H,1-3,8-11H2,(H,22,23). The van der Waals surface area contributed by atoms with Crippen LogP contribution in [0.4, 0.5) is 0 Å². The number of aromatic nitrogens is 1. The maximum atomic E-state index is 10.9. The lowest BCUT2D eigenvalue weighted by atomic mass is 9.98. The van der Waals surface area contributed by atoms with Crippen molar-refractivity contribution in [2.45, 2.75) is 38.3 Å². The highest BCUT2D eigenvalue weighted by atomic mass is 32.1. The number of thiazole rings is 1. The van der Waals surface area contributed by atoms with Crippen LogP contribution in [0.15, 0.2) is 29.6 Å². The van der Waals surface area contributed by atoms with E-state index in [0.717, 1.165) is 36.5 Å². The van der Waals surface area contributed by atoms with Crippen molar-refractivity contribution in [3.63, 3.8) is 0 Å². The highest BCUT2D eigenvalue weighted by molar-refractivity contribution is 7.13. The largest absolute Gasteiger partial charge is 0.476 e. The van der Waals surface area contributed by atoms with Crippen LogP contribution in [0.5, 0.6) is 0 Å². The summed E-state index contributed by atoms with van der Waals surface area (Å²) in [7, 11) is 0. The van der Waals surface area contributed by atoms with Gasteiger partial charge < -0.3 is 10.2 Å².